The predicted octanol–water partition coefficient (Wildman–Crippen LogP) is 2.12. The van der Waals surface area contributed by atoms with Gasteiger partial charge < -0.3 is 15.7 Å². The van der Waals surface area contributed by atoms with Crippen LogP contribution < -0.4 is 10.6 Å². The van der Waals surface area contributed by atoms with Crippen LogP contribution >= 0.6 is 0 Å². The number of aromatic hydroxyl groups is 1. The molecule has 2 aromatic rings. The number of nitrogens with zero attached hydrogens (tertiary/aromatic N) is 3. The summed E-state index contributed by atoms with van der Waals surface area (Å²) in [5, 5.41) is 14.3. The average molecular weight is 286 g/mol. The molecule has 0 atom stereocenters. The summed E-state index contributed by atoms with van der Waals surface area (Å²) in [4.78, 5) is 2.38. The Morgan fingerprint density at radius 3 is 2.62 bits per heavy atom. The maximum absolute atomic E-state index is 9.65. The Bertz CT molecular complexity index is 642. The topological polar surface area (TPSA) is 67.3 Å². The van der Waals surface area contributed by atoms with E-state index in [1.54, 1.807) is 12.1 Å². The molecule has 0 spiro atoms. The van der Waals surface area contributed by atoms with Crippen LogP contribution in [0, 0.1) is 13.8 Å². The van der Waals surface area contributed by atoms with Crippen molar-refractivity contribution in [3.63, 3.8) is 0 Å². The first kappa shape index (κ1) is 13.9. The van der Waals surface area contributed by atoms with Crippen LogP contribution in [0.5, 0.6) is 5.75 Å². The highest BCUT2D eigenvalue weighted by Gasteiger charge is 2.22. The molecule has 1 saturated heterocycles. The first-order chi connectivity index (χ1) is 10.1. The second-order valence-corrected chi connectivity index (χ2v) is 5.78. The number of hydrogen-bond acceptors (Lipinski definition) is 4. The minimum Gasteiger partial charge on any atom is -0.508 e. The molecule has 3 rings (SSSR count). The first-order valence-corrected chi connectivity index (χ1v) is 7.42. The molecule has 0 amide bonds. The van der Waals surface area contributed by atoms with E-state index in [1.807, 2.05) is 23.7 Å². The monoisotopic (exact) mass is 286 g/mol. The highest BCUT2D eigenvalue weighted by atomic mass is 16.3. The molecule has 0 saturated carbocycles. The van der Waals surface area contributed by atoms with Crippen molar-refractivity contribution in [3.8, 4) is 11.4 Å². The van der Waals surface area contributed by atoms with Crippen LogP contribution in [0.3, 0.4) is 0 Å². The molecule has 2 heterocycles. The minimum atomic E-state index is 0.255. The van der Waals surface area contributed by atoms with Crippen LogP contribution in [-0.2, 0) is 0 Å². The van der Waals surface area contributed by atoms with Gasteiger partial charge in [-0.25, -0.2) is 4.68 Å². The molecular formula is C16H22N4O. The smallest absolute Gasteiger partial charge is 0.117 e. The van der Waals surface area contributed by atoms with Crippen LogP contribution in [0.2, 0.25) is 0 Å². The maximum atomic E-state index is 9.65. The number of benzene rings is 1. The molecule has 3 N–H and O–H groups in total. The van der Waals surface area contributed by atoms with E-state index in [4.69, 9.17) is 5.73 Å². The van der Waals surface area contributed by atoms with E-state index in [0.717, 1.165) is 43.0 Å². The molecule has 0 unspecified atom stereocenters. The van der Waals surface area contributed by atoms with E-state index in [9.17, 15) is 5.11 Å². The number of phenolic OH excluding ortho intramolecular Hbond substituents is 1. The number of aryl methyl sites for hydroxylation is 1. The van der Waals surface area contributed by atoms with Crippen molar-refractivity contribution in [2.75, 3.05) is 18.0 Å². The van der Waals surface area contributed by atoms with E-state index in [1.165, 1.54) is 5.69 Å². The van der Waals surface area contributed by atoms with Gasteiger partial charge in [-0.15, -0.1) is 0 Å². The van der Waals surface area contributed by atoms with Gasteiger partial charge in [0, 0.05) is 25.2 Å². The molecule has 1 aromatic carbocycles. The third-order valence-electron chi connectivity index (χ3n) is 4.18. The number of anilines is 1. The third-order valence-corrected chi connectivity index (χ3v) is 4.18. The quantitative estimate of drug-likeness (QED) is 0.887. The Morgan fingerprint density at radius 1 is 1.24 bits per heavy atom. The molecule has 0 radical (unpaired) electrons. The zero-order valence-electron chi connectivity index (χ0n) is 12.6. The fraction of sp³-hybridized carbons (Fsp3) is 0.438. The van der Waals surface area contributed by atoms with Gasteiger partial charge in [-0.1, -0.05) is 6.07 Å². The molecule has 1 fully saturated rings. The van der Waals surface area contributed by atoms with Crippen molar-refractivity contribution < 1.29 is 5.11 Å². The molecule has 5 nitrogen and oxygen atoms in total. The van der Waals surface area contributed by atoms with Gasteiger partial charge in [-0.3, -0.25) is 0 Å². The second kappa shape index (κ2) is 5.41. The summed E-state index contributed by atoms with van der Waals surface area (Å²) in [5.41, 5.74) is 10.2. The lowest BCUT2D eigenvalue weighted by atomic mass is 10.1. The van der Waals surface area contributed by atoms with E-state index in [-0.39, 0.29) is 5.75 Å². The largest absolute Gasteiger partial charge is 0.508 e. The van der Waals surface area contributed by atoms with Crippen LogP contribution in [0.1, 0.15) is 24.2 Å². The third kappa shape index (κ3) is 2.61. The Morgan fingerprint density at radius 2 is 1.95 bits per heavy atom. The van der Waals surface area contributed by atoms with Crippen molar-refractivity contribution in [3.05, 3.63) is 35.7 Å². The number of piperidine rings is 1. The van der Waals surface area contributed by atoms with Crippen molar-refractivity contribution in [1.82, 2.24) is 9.78 Å². The molecule has 0 bridgehead atoms. The first-order valence-electron chi connectivity index (χ1n) is 7.42. The molecule has 1 aliphatic rings. The average Bonchev–Trinajstić information content (AvgIpc) is 2.75. The fourth-order valence-electron chi connectivity index (χ4n) is 3.09. The zero-order valence-corrected chi connectivity index (χ0v) is 12.6. The van der Waals surface area contributed by atoms with E-state index < -0.39 is 0 Å². The van der Waals surface area contributed by atoms with Gasteiger partial charge >= 0.3 is 0 Å². The minimum absolute atomic E-state index is 0.255. The van der Waals surface area contributed by atoms with Gasteiger partial charge in [0.2, 0.25) is 0 Å². The van der Waals surface area contributed by atoms with Crippen LogP contribution in [0.15, 0.2) is 24.3 Å². The summed E-state index contributed by atoms with van der Waals surface area (Å²) in [7, 11) is 0. The van der Waals surface area contributed by atoms with Crippen molar-refractivity contribution in [1.29, 1.82) is 0 Å². The SMILES string of the molecule is Cc1nn(-c2cccc(O)c2)c(C)c1N1CCC(N)CC1. The van der Waals surface area contributed by atoms with Crippen molar-refractivity contribution >= 4 is 5.69 Å². The van der Waals surface area contributed by atoms with E-state index in [2.05, 4.69) is 16.9 Å². The molecular weight excluding hydrogens is 264 g/mol. The highest BCUT2D eigenvalue weighted by Crippen LogP contribution is 2.29. The lowest BCUT2D eigenvalue weighted by molar-refractivity contribution is 0.474. The molecule has 5 heteroatoms. The van der Waals surface area contributed by atoms with Gasteiger partial charge in [0.15, 0.2) is 0 Å². The summed E-state index contributed by atoms with van der Waals surface area (Å²) < 4.78 is 1.90. The summed E-state index contributed by atoms with van der Waals surface area (Å²) in [6.45, 7) is 6.08. The molecule has 112 valence electrons. The van der Waals surface area contributed by atoms with Gasteiger partial charge in [-0.2, -0.15) is 5.10 Å². The molecule has 21 heavy (non-hydrogen) atoms. The Hall–Kier alpha value is -2.01. The van der Waals surface area contributed by atoms with Crippen molar-refractivity contribution in [2.45, 2.75) is 32.7 Å². The van der Waals surface area contributed by atoms with Crippen LogP contribution in [0.4, 0.5) is 5.69 Å². The van der Waals surface area contributed by atoms with Crippen LogP contribution in [-0.4, -0.2) is 34.0 Å². The lowest BCUT2D eigenvalue weighted by Crippen LogP contribution is -2.40. The zero-order chi connectivity index (χ0) is 15.0. The number of nitrogens with two attached hydrogens (primary N) is 1. The second-order valence-electron chi connectivity index (χ2n) is 5.78. The number of aromatic nitrogens is 2. The van der Waals surface area contributed by atoms with Gasteiger partial charge in [0.05, 0.1) is 22.8 Å². The van der Waals surface area contributed by atoms with Gasteiger partial charge in [-0.05, 0) is 38.8 Å². The van der Waals surface area contributed by atoms with Gasteiger partial charge in [0.1, 0.15) is 5.75 Å². The Labute approximate surface area is 125 Å². The lowest BCUT2D eigenvalue weighted by Gasteiger charge is -2.32. The number of rotatable bonds is 2. The summed E-state index contributed by atoms with van der Waals surface area (Å²) in [6.07, 6.45) is 2.05. The molecule has 1 aliphatic heterocycles. The Balaban J connectivity index is 1.97. The fourth-order valence-corrected chi connectivity index (χ4v) is 3.09. The van der Waals surface area contributed by atoms with Gasteiger partial charge in [0.25, 0.3) is 0 Å². The normalized spacial score (nSPS) is 16.4. The Kier molecular flexibility index (Phi) is 3.59. The number of phenols is 1. The summed E-state index contributed by atoms with van der Waals surface area (Å²) in [6, 6.07) is 7.51. The highest BCUT2D eigenvalue weighted by molar-refractivity contribution is 5.57. The van der Waals surface area contributed by atoms with Crippen LogP contribution in [0.25, 0.3) is 5.69 Å². The molecule has 0 aliphatic carbocycles. The van der Waals surface area contributed by atoms with E-state index >= 15 is 0 Å². The standard InChI is InChI=1S/C16H22N4O/c1-11-16(19-8-6-13(17)7-9-19)12(2)20(18-11)14-4-3-5-15(21)10-14/h3-5,10,13,21H,6-9,17H2,1-2H3. The van der Waals surface area contributed by atoms with E-state index in [0.29, 0.717) is 6.04 Å². The summed E-state index contributed by atoms with van der Waals surface area (Å²) in [5.74, 6) is 0.255. The van der Waals surface area contributed by atoms with Crippen molar-refractivity contribution in [2.24, 2.45) is 5.73 Å². The number of hydrogen-bond donors (Lipinski definition) is 2. The maximum Gasteiger partial charge on any atom is 0.117 e. The summed E-state index contributed by atoms with van der Waals surface area (Å²) >= 11 is 0. The predicted molar refractivity (Wildman–Crippen MR) is 84.1 cm³/mol. The molecule has 1 aromatic heterocycles.